The second-order valence-electron chi connectivity index (χ2n) is 12.3. The lowest BCUT2D eigenvalue weighted by atomic mass is 9.93. The molecule has 1 aromatic carbocycles. The molecule has 2 aliphatic heterocycles. The molecule has 0 amide bonds. The fourth-order valence-electron chi connectivity index (χ4n) is 5.69. The Morgan fingerprint density at radius 3 is 2.29 bits per heavy atom. The molecule has 3 heterocycles. The lowest BCUT2D eigenvalue weighted by Crippen LogP contribution is -2.39. The molecule has 1 saturated carbocycles. The first-order valence-corrected chi connectivity index (χ1v) is 13.9. The van der Waals surface area contributed by atoms with Crippen molar-refractivity contribution in [2.75, 3.05) is 47.9 Å². The number of aryl methyl sites for hydroxylation is 1. The fraction of sp³-hybridized carbons (Fsp3) is 0.600. The molecule has 2 aromatic rings. The summed E-state index contributed by atoms with van der Waals surface area (Å²) in [6.07, 6.45) is 4.82. The van der Waals surface area contributed by atoms with Crippen molar-refractivity contribution in [3.05, 3.63) is 47.0 Å². The molecular weight excluding hydrogens is 486 g/mol. The Bertz CT molecular complexity index is 1170. The van der Waals surface area contributed by atoms with Crippen LogP contribution in [-0.4, -0.2) is 60.1 Å². The van der Waals surface area contributed by atoms with E-state index in [1.54, 1.807) is 0 Å². The Labute approximate surface area is 224 Å². The molecule has 1 aliphatic carbocycles. The molecule has 5 rings (SSSR count). The number of hydrogen-bond acceptors (Lipinski definition) is 6. The number of aromatic nitrogens is 1. The number of anilines is 3. The van der Waals surface area contributed by atoms with Crippen molar-refractivity contribution in [1.82, 2.24) is 4.98 Å². The number of benzene rings is 1. The second kappa shape index (κ2) is 10.1. The maximum absolute atomic E-state index is 13.7. The van der Waals surface area contributed by atoms with E-state index in [1.807, 2.05) is 56.0 Å². The second-order valence-corrected chi connectivity index (χ2v) is 12.3. The topological polar surface area (TPSA) is 68.7 Å². The molecule has 0 radical (unpaired) electrons. The average molecular weight is 527 g/mol. The Hall–Kier alpha value is -2.74. The van der Waals surface area contributed by atoms with Gasteiger partial charge < -0.3 is 20.2 Å². The average Bonchev–Trinajstić information content (AvgIpc) is 3.63. The standard InChI is InChI=1S/C30H40F2N4O2/c1-21-16-23(18-24(17-21)35-14-10-30(31,32)11-15-35)25(38)19-22-4-5-26(34-28(2,3)20-37)33-27(22)36-12-8-29(6-7-29)9-13-36/h4-5,16-18,37H,6-15,19-20H2,1-3H3,(H,33,34). The molecule has 38 heavy (non-hydrogen) atoms. The third-order valence-electron chi connectivity index (χ3n) is 8.49. The van der Waals surface area contributed by atoms with E-state index in [9.17, 15) is 18.7 Å². The Morgan fingerprint density at radius 2 is 1.66 bits per heavy atom. The molecule has 0 atom stereocenters. The van der Waals surface area contributed by atoms with Crippen LogP contribution in [0.4, 0.5) is 26.1 Å². The summed E-state index contributed by atoms with van der Waals surface area (Å²) in [5, 5.41) is 13.0. The maximum Gasteiger partial charge on any atom is 0.251 e. The molecule has 0 bridgehead atoms. The molecule has 2 N–H and O–H groups in total. The zero-order valence-corrected chi connectivity index (χ0v) is 22.8. The highest BCUT2D eigenvalue weighted by atomic mass is 19.3. The van der Waals surface area contributed by atoms with Crippen molar-refractivity contribution in [2.24, 2.45) is 5.41 Å². The van der Waals surface area contributed by atoms with Crippen molar-refractivity contribution < 1.29 is 18.7 Å². The smallest absolute Gasteiger partial charge is 0.251 e. The van der Waals surface area contributed by atoms with Crippen molar-refractivity contribution >= 4 is 23.1 Å². The van der Waals surface area contributed by atoms with Gasteiger partial charge in [0.05, 0.1) is 12.1 Å². The number of aliphatic hydroxyl groups excluding tert-OH is 1. The molecule has 8 heteroatoms. The van der Waals surface area contributed by atoms with Gasteiger partial charge in [0.2, 0.25) is 0 Å². The Kier molecular flexibility index (Phi) is 7.14. The van der Waals surface area contributed by atoms with Crippen LogP contribution in [0.25, 0.3) is 0 Å². The number of Topliss-reactive ketones (excluding diaryl/α,β-unsaturated/α-hetero) is 1. The lowest BCUT2D eigenvalue weighted by Gasteiger charge is -2.35. The minimum absolute atomic E-state index is 0.00703. The van der Waals surface area contributed by atoms with Crippen LogP contribution >= 0.6 is 0 Å². The van der Waals surface area contributed by atoms with Crippen LogP contribution in [0.1, 0.15) is 73.9 Å². The molecular formula is C30H40F2N4O2. The molecule has 1 aromatic heterocycles. The van der Waals surface area contributed by atoms with E-state index in [2.05, 4.69) is 10.2 Å². The van der Waals surface area contributed by atoms with Crippen LogP contribution in [0.5, 0.6) is 0 Å². The minimum Gasteiger partial charge on any atom is -0.394 e. The number of rotatable bonds is 8. The maximum atomic E-state index is 13.7. The van der Waals surface area contributed by atoms with Crippen molar-refractivity contribution in [3.8, 4) is 0 Å². The zero-order chi connectivity index (χ0) is 27.1. The van der Waals surface area contributed by atoms with E-state index in [1.165, 1.54) is 12.8 Å². The van der Waals surface area contributed by atoms with Crippen molar-refractivity contribution in [3.63, 3.8) is 0 Å². The van der Waals surface area contributed by atoms with Gasteiger partial charge in [0.25, 0.3) is 5.92 Å². The molecule has 206 valence electrons. The number of hydrogen-bond donors (Lipinski definition) is 2. The van der Waals surface area contributed by atoms with Gasteiger partial charge >= 0.3 is 0 Å². The highest BCUT2D eigenvalue weighted by Crippen LogP contribution is 2.54. The number of nitrogens with zero attached hydrogens (tertiary/aromatic N) is 3. The first kappa shape index (κ1) is 26.9. The van der Waals surface area contributed by atoms with Gasteiger partial charge in [-0.2, -0.15) is 0 Å². The van der Waals surface area contributed by atoms with Gasteiger partial charge in [0, 0.05) is 62.3 Å². The quantitative estimate of drug-likeness (QED) is 0.436. The largest absolute Gasteiger partial charge is 0.394 e. The van der Waals surface area contributed by atoms with Crippen LogP contribution in [0.2, 0.25) is 0 Å². The molecule has 0 unspecified atom stereocenters. The highest BCUT2D eigenvalue weighted by Gasteiger charge is 2.44. The molecule has 6 nitrogen and oxygen atoms in total. The summed E-state index contributed by atoms with van der Waals surface area (Å²) in [5.41, 5.74) is 3.27. The summed E-state index contributed by atoms with van der Waals surface area (Å²) in [7, 11) is 0. The first-order chi connectivity index (χ1) is 18.0. The lowest BCUT2D eigenvalue weighted by molar-refractivity contribution is -0.0220. The van der Waals surface area contributed by atoms with Crippen LogP contribution in [-0.2, 0) is 6.42 Å². The van der Waals surface area contributed by atoms with Crippen molar-refractivity contribution in [2.45, 2.75) is 77.2 Å². The van der Waals surface area contributed by atoms with Crippen molar-refractivity contribution in [1.29, 1.82) is 0 Å². The van der Waals surface area contributed by atoms with Gasteiger partial charge in [-0.25, -0.2) is 13.8 Å². The minimum atomic E-state index is -2.61. The van der Waals surface area contributed by atoms with Gasteiger partial charge in [-0.05, 0) is 81.7 Å². The number of pyridine rings is 1. The van der Waals surface area contributed by atoms with Gasteiger partial charge in [-0.1, -0.05) is 6.07 Å². The number of nitrogens with one attached hydrogen (secondary N) is 1. The molecule has 2 saturated heterocycles. The van der Waals surface area contributed by atoms with E-state index in [4.69, 9.17) is 4.98 Å². The van der Waals surface area contributed by atoms with E-state index in [0.29, 0.717) is 16.8 Å². The number of piperidine rings is 2. The van der Waals surface area contributed by atoms with E-state index in [-0.39, 0.29) is 44.7 Å². The first-order valence-electron chi connectivity index (χ1n) is 13.9. The Morgan fingerprint density at radius 1 is 1.00 bits per heavy atom. The monoisotopic (exact) mass is 526 g/mol. The van der Waals surface area contributed by atoms with Crippen LogP contribution in [0.3, 0.4) is 0 Å². The molecule has 3 fully saturated rings. The third kappa shape index (κ3) is 6.11. The zero-order valence-electron chi connectivity index (χ0n) is 22.8. The summed E-state index contributed by atoms with van der Waals surface area (Å²) in [5.74, 6) is -1.10. The third-order valence-corrected chi connectivity index (χ3v) is 8.49. The fourth-order valence-corrected chi connectivity index (χ4v) is 5.69. The summed E-state index contributed by atoms with van der Waals surface area (Å²) >= 11 is 0. The van der Waals surface area contributed by atoms with Gasteiger partial charge in [-0.3, -0.25) is 4.79 Å². The number of aliphatic hydroxyl groups is 1. The number of ketones is 1. The molecule has 3 aliphatic rings. The van der Waals surface area contributed by atoms with Crippen LogP contribution < -0.4 is 15.1 Å². The summed E-state index contributed by atoms with van der Waals surface area (Å²) in [6, 6.07) is 9.56. The van der Waals surface area contributed by atoms with Crippen LogP contribution in [0.15, 0.2) is 30.3 Å². The number of alkyl halides is 2. The summed E-state index contributed by atoms with van der Waals surface area (Å²) in [6.45, 7) is 8.17. The predicted octanol–water partition coefficient (Wildman–Crippen LogP) is 5.61. The number of carbonyl (C=O) groups excluding carboxylic acids is 1. The highest BCUT2D eigenvalue weighted by molar-refractivity contribution is 5.99. The van der Waals surface area contributed by atoms with E-state index < -0.39 is 11.5 Å². The predicted molar refractivity (Wildman–Crippen MR) is 148 cm³/mol. The summed E-state index contributed by atoms with van der Waals surface area (Å²) < 4.78 is 27.4. The van der Waals surface area contributed by atoms with Gasteiger partial charge in [0.1, 0.15) is 11.6 Å². The Balaban J connectivity index is 1.38. The van der Waals surface area contributed by atoms with E-state index in [0.717, 1.165) is 48.6 Å². The van der Waals surface area contributed by atoms with Crippen LogP contribution in [0, 0.1) is 12.3 Å². The van der Waals surface area contributed by atoms with Gasteiger partial charge in [0.15, 0.2) is 5.78 Å². The number of carbonyl (C=O) groups is 1. The number of halogens is 2. The van der Waals surface area contributed by atoms with E-state index >= 15 is 0 Å². The van der Waals surface area contributed by atoms with Gasteiger partial charge in [-0.15, -0.1) is 0 Å². The normalized spacial score (nSPS) is 20.5. The SMILES string of the molecule is Cc1cc(C(=O)Cc2ccc(NC(C)(C)CO)nc2N2CCC3(CC2)CC3)cc(N2CCC(F)(F)CC2)c1. The summed E-state index contributed by atoms with van der Waals surface area (Å²) in [4.78, 5) is 22.8. The molecule has 1 spiro atoms.